The Labute approximate surface area is 175 Å². The number of aromatic nitrogens is 3. The summed E-state index contributed by atoms with van der Waals surface area (Å²) in [6.45, 7) is 3.71. The fourth-order valence-electron chi connectivity index (χ4n) is 3.64. The number of alkyl halides is 3. The third-order valence-corrected chi connectivity index (χ3v) is 5.34. The van der Waals surface area contributed by atoms with Crippen molar-refractivity contribution >= 4 is 22.5 Å². The number of anilines is 1. The number of carbonyl (C=O) groups excluding carboxylic acids is 1. The Morgan fingerprint density at radius 1 is 1.03 bits per heavy atom. The molecule has 0 N–H and O–H groups in total. The number of hydrogen-bond acceptors (Lipinski definition) is 5. The van der Waals surface area contributed by atoms with Crippen LogP contribution in [0.15, 0.2) is 47.4 Å². The molecule has 0 bridgehead atoms. The Hall–Kier alpha value is -3.43. The normalized spacial score (nSPS) is 14.8. The van der Waals surface area contributed by atoms with Gasteiger partial charge in [0.05, 0.1) is 10.9 Å². The fraction of sp³-hybridized carbons (Fsp3) is 0.333. The molecule has 31 heavy (non-hydrogen) atoms. The SMILES string of the molecule is CCn1nc(C(=O)N2CCN(c3ccc(C(F)(F)F)cn3)CC2)c2ccccc2c1=O. The molecular formula is C21H20F3N5O2. The van der Waals surface area contributed by atoms with Gasteiger partial charge in [-0.1, -0.05) is 18.2 Å². The summed E-state index contributed by atoms with van der Waals surface area (Å²) in [6.07, 6.45) is -3.61. The summed E-state index contributed by atoms with van der Waals surface area (Å²) in [7, 11) is 0. The summed E-state index contributed by atoms with van der Waals surface area (Å²) < 4.78 is 39.5. The second kappa shape index (κ2) is 8.01. The third kappa shape index (κ3) is 3.97. The Balaban J connectivity index is 1.53. The number of halogens is 3. The van der Waals surface area contributed by atoms with Gasteiger partial charge >= 0.3 is 6.18 Å². The van der Waals surface area contributed by atoms with Crippen LogP contribution < -0.4 is 10.5 Å². The van der Waals surface area contributed by atoms with Crippen LogP contribution in [0.25, 0.3) is 10.8 Å². The predicted molar refractivity (Wildman–Crippen MR) is 109 cm³/mol. The van der Waals surface area contributed by atoms with Crippen molar-refractivity contribution in [3.63, 3.8) is 0 Å². The van der Waals surface area contributed by atoms with E-state index < -0.39 is 11.7 Å². The van der Waals surface area contributed by atoms with Crippen molar-refractivity contribution in [2.24, 2.45) is 0 Å². The van der Waals surface area contributed by atoms with Crippen molar-refractivity contribution in [3.05, 3.63) is 64.2 Å². The van der Waals surface area contributed by atoms with Gasteiger partial charge in [0.2, 0.25) is 0 Å². The molecule has 0 spiro atoms. The molecule has 162 valence electrons. The van der Waals surface area contributed by atoms with Gasteiger partial charge in [-0.15, -0.1) is 0 Å². The highest BCUT2D eigenvalue weighted by Gasteiger charge is 2.31. The molecule has 10 heteroatoms. The molecule has 3 aromatic rings. The monoisotopic (exact) mass is 431 g/mol. The molecule has 0 aliphatic carbocycles. The number of aryl methyl sites for hydroxylation is 1. The topological polar surface area (TPSA) is 71.3 Å². The summed E-state index contributed by atoms with van der Waals surface area (Å²) in [6, 6.07) is 9.23. The number of amides is 1. The Kier molecular flexibility index (Phi) is 5.38. The molecule has 1 saturated heterocycles. The Bertz CT molecular complexity index is 1170. The van der Waals surface area contributed by atoms with E-state index in [9.17, 15) is 22.8 Å². The minimum Gasteiger partial charge on any atom is -0.353 e. The quantitative estimate of drug-likeness (QED) is 0.638. The number of nitrogens with zero attached hydrogens (tertiary/aromatic N) is 5. The number of pyridine rings is 1. The van der Waals surface area contributed by atoms with Crippen LogP contribution in [0.4, 0.5) is 19.0 Å². The van der Waals surface area contributed by atoms with Crippen LogP contribution in [0.1, 0.15) is 23.0 Å². The van der Waals surface area contributed by atoms with Gasteiger partial charge in [0.15, 0.2) is 5.69 Å². The number of rotatable bonds is 3. The molecule has 0 unspecified atom stereocenters. The van der Waals surface area contributed by atoms with E-state index in [0.717, 1.165) is 12.3 Å². The molecule has 1 aliphatic rings. The highest BCUT2D eigenvalue weighted by molar-refractivity contribution is 6.04. The lowest BCUT2D eigenvalue weighted by atomic mass is 10.1. The van der Waals surface area contributed by atoms with Crippen molar-refractivity contribution in [2.45, 2.75) is 19.6 Å². The summed E-state index contributed by atoms with van der Waals surface area (Å²) in [4.78, 5) is 33.1. The number of carbonyl (C=O) groups is 1. The molecule has 0 radical (unpaired) electrons. The van der Waals surface area contributed by atoms with E-state index in [0.29, 0.717) is 49.3 Å². The number of fused-ring (bicyclic) bond motifs is 1. The maximum Gasteiger partial charge on any atom is 0.417 e. The average Bonchev–Trinajstić information content (AvgIpc) is 2.79. The average molecular weight is 431 g/mol. The van der Waals surface area contributed by atoms with Crippen molar-refractivity contribution < 1.29 is 18.0 Å². The largest absolute Gasteiger partial charge is 0.417 e. The van der Waals surface area contributed by atoms with Gasteiger partial charge in [-0.3, -0.25) is 9.59 Å². The molecule has 1 fully saturated rings. The van der Waals surface area contributed by atoms with Crippen LogP contribution in [0.3, 0.4) is 0 Å². The molecular weight excluding hydrogens is 411 g/mol. The van der Waals surface area contributed by atoms with E-state index in [4.69, 9.17) is 0 Å². The zero-order chi connectivity index (χ0) is 22.2. The van der Waals surface area contributed by atoms with Crippen LogP contribution in [-0.4, -0.2) is 51.8 Å². The molecule has 1 aromatic carbocycles. The van der Waals surface area contributed by atoms with Gasteiger partial charge in [-0.25, -0.2) is 9.67 Å². The number of benzene rings is 1. The van der Waals surface area contributed by atoms with E-state index >= 15 is 0 Å². The summed E-state index contributed by atoms with van der Waals surface area (Å²) in [5.41, 5.74) is -0.819. The van der Waals surface area contributed by atoms with Gasteiger partial charge < -0.3 is 9.80 Å². The highest BCUT2D eigenvalue weighted by Crippen LogP contribution is 2.29. The molecule has 2 aromatic heterocycles. The Morgan fingerprint density at radius 2 is 1.71 bits per heavy atom. The van der Waals surface area contributed by atoms with Gasteiger partial charge in [-0.05, 0) is 25.1 Å². The van der Waals surface area contributed by atoms with Crippen LogP contribution >= 0.6 is 0 Å². The minimum atomic E-state index is -4.43. The van der Waals surface area contributed by atoms with Crippen LogP contribution in [0, 0.1) is 0 Å². The number of hydrogen-bond donors (Lipinski definition) is 0. The standard InChI is InChI=1S/C21H20F3N5O2/c1-2-29-19(30)16-6-4-3-5-15(16)18(26-29)20(31)28-11-9-27(10-12-28)17-8-7-14(13-25-17)21(22,23)24/h3-8,13H,2,9-12H2,1H3. The fourth-order valence-corrected chi connectivity index (χ4v) is 3.64. The first kappa shape index (κ1) is 20.8. The third-order valence-electron chi connectivity index (χ3n) is 5.34. The predicted octanol–water partition coefficient (Wildman–Crippen LogP) is 2.79. The summed E-state index contributed by atoms with van der Waals surface area (Å²) in [5, 5.41) is 5.23. The maximum atomic E-state index is 13.2. The second-order valence-electron chi connectivity index (χ2n) is 7.20. The molecule has 1 amide bonds. The molecule has 4 rings (SSSR count). The van der Waals surface area contributed by atoms with E-state index in [-0.39, 0.29) is 17.2 Å². The molecule has 1 aliphatic heterocycles. The molecule has 3 heterocycles. The summed E-state index contributed by atoms with van der Waals surface area (Å²) in [5.74, 6) is 0.154. The van der Waals surface area contributed by atoms with Gasteiger partial charge in [-0.2, -0.15) is 18.3 Å². The molecule has 0 atom stereocenters. The van der Waals surface area contributed by atoms with E-state index in [1.54, 1.807) is 36.1 Å². The van der Waals surface area contributed by atoms with E-state index in [1.807, 2.05) is 4.90 Å². The highest BCUT2D eigenvalue weighted by atomic mass is 19.4. The first-order valence-electron chi connectivity index (χ1n) is 9.87. The van der Waals surface area contributed by atoms with Crippen LogP contribution in [-0.2, 0) is 12.7 Å². The second-order valence-corrected chi connectivity index (χ2v) is 7.20. The van der Waals surface area contributed by atoms with Crippen molar-refractivity contribution in [3.8, 4) is 0 Å². The van der Waals surface area contributed by atoms with Crippen LogP contribution in [0.2, 0.25) is 0 Å². The van der Waals surface area contributed by atoms with Gasteiger partial charge in [0.25, 0.3) is 11.5 Å². The maximum absolute atomic E-state index is 13.2. The van der Waals surface area contributed by atoms with Crippen molar-refractivity contribution in [1.82, 2.24) is 19.7 Å². The van der Waals surface area contributed by atoms with Gasteiger partial charge in [0, 0.05) is 44.3 Å². The zero-order valence-electron chi connectivity index (χ0n) is 16.8. The molecule has 7 nitrogen and oxygen atoms in total. The smallest absolute Gasteiger partial charge is 0.353 e. The molecule has 0 saturated carbocycles. The lowest BCUT2D eigenvalue weighted by Gasteiger charge is -2.35. The van der Waals surface area contributed by atoms with Crippen molar-refractivity contribution in [2.75, 3.05) is 31.1 Å². The first-order chi connectivity index (χ1) is 14.8. The van der Waals surface area contributed by atoms with E-state index in [2.05, 4.69) is 10.1 Å². The van der Waals surface area contributed by atoms with Crippen molar-refractivity contribution in [1.29, 1.82) is 0 Å². The first-order valence-corrected chi connectivity index (χ1v) is 9.87. The minimum absolute atomic E-state index is 0.221. The zero-order valence-corrected chi connectivity index (χ0v) is 16.8. The Morgan fingerprint density at radius 3 is 2.29 bits per heavy atom. The van der Waals surface area contributed by atoms with E-state index in [1.165, 1.54) is 10.7 Å². The lowest BCUT2D eigenvalue weighted by Crippen LogP contribution is -2.49. The van der Waals surface area contributed by atoms with Gasteiger partial charge in [0.1, 0.15) is 5.82 Å². The van der Waals surface area contributed by atoms with Crippen LogP contribution in [0.5, 0.6) is 0 Å². The lowest BCUT2D eigenvalue weighted by molar-refractivity contribution is -0.137. The number of piperazine rings is 1. The summed E-state index contributed by atoms with van der Waals surface area (Å²) >= 11 is 0.